The second-order valence-electron chi connectivity index (χ2n) is 1.96. The Morgan fingerprint density at radius 2 is 2.40 bits per heavy atom. The van der Waals surface area contributed by atoms with Crippen LogP contribution in [0.3, 0.4) is 0 Å². The molecule has 0 aromatic carbocycles. The van der Waals surface area contributed by atoms with Crippen LogP contribution in [0.2, 0.25) is 0 Å². The van der Waals surface area contributed by atoms with Crippen LogP contribution < -0.4 is 5.73 Å². The van der Waals surface area contributed by atoms with Gasteiger partial charge < -0.3 is 5.73 Å². The van der Waals surface area contributed by atoms with E-state index < -0.39 is 0 Å². The molecule has 1 heterocycles. The summed E-state index contributed by atoms with van der Waals surface area (Å²) in [7, 11) is 0. The Hall–Kier alpha value is -0.640. The summed E-state index contributed by atoms with van der Waals surface area (Å²) in [4.78, 5) is 7.97. The fourth-order valence-electron chi connectivity index (χ4n) is 0.615. The Labute approximate surface area is 67.8 Å². The first-order valence-electron chi connectivity index (χ1n) is 2.88. The Bertz CT molecular complexity index is 236. The molecule has 0 aliphatic heterocycles. The minimum Gasteiger partial charge on any atom is -0.383 e. The molecule has 0 radical (unpaired) electrons. The lowest BCUT2D eigenvalue weighted by Crippen LogP contribution is -1.99. The third-order valence-electron chi connectivity index (χ3n) is 1.16. The van der Waals surface area contributed by atoms with Crippen molar-refractivity contribution >= 4 is 21.7 Å². The summed E-state index contributed by atoms with van der Waals surface area (Å²) in [6.07, 6.45) is 1.73. The van der Waals surface area contributed by atoms with E-state index in [2.05, 4.69) is 25.9 Å². The maximum atomic E-state index is 5.55. The maximum absolute atomic E-state index is 5.55. The van der Waals surface area contributed by atoms with Crippen molar-refractivity contribution in [2.75, 3.05) is 5.73 Å². The van der Waals surface area contributed by atoms with Gasteiger partial charge in [0.2, 0.25) is 0 Å². The smallest absolute Gasteiger partial charge is 0.131 e. The van der Waals surface area contributed by atoms with Crippen molar-refractivity contribution in [1.29, 1.82) is 0 Å². The van der Waals surface area contributed by atoms with Crippen LogP contribution in [0.25, 0.3) is 0 Å². The Balaban J connectivity index is 3.07. The molecule has 0 bridgehead atoms. The van der Waals surface area contributed by atoms with E-state index in [0.29, 0.717) is 17.0 Å². The normalized spacial score (nSPS) is 9.80. The van der Waals surface area contributed by atoms with Crippen LogP contribution >= 0.6 is 15.9 Å². The molecule has 10 heavy (non-hydrogen) atoms. The van der Waals surface area contributed by atoms with E-state index in [0.717, 1.165) is 5.56 Å². The van der Waals surface area contributed by atoms with Gasteiger partial charge in [-0.25, -0.2) is 9.97 Å². The van der Waals surface area contributed by atoms with Gasteiger partial charge in [0.1, 0.15) is 11.6 Å². The van der Waals surface area contributed by atoms with E-state index in [1.165, 1.54) is 0 Å². The van der Waals surface area contributed by atoms with Gasteiger partial charge in [-0.05, 0) is 6.92 Å². The number of hydrogen-bond donors (Lipinski definition) is 1. The molecule has 4 heteroatoms. The summed E-state index contributed by atoms with van der Waals surface area (Å²) in [6, 6.07) is 0. The van der Waals surface area contributed by atoms with Gasteiger partial charge in [-0.3, -0.25) is 0 Å². The number of rotatable bonds is 1. The zero-order valence-electron chi connectivity index (χ0n) is 5.63. The monoisotopic (exact) mass is 201 g/mol. The summed E-state index contributed by atoms with van der Waals surface area (Å²) in [5, 5.41) is 0.707. The fourth-order valence-corrected chi connectivity index (χ4v) is 1.05. The molecule has 0 spiro atoms. The summed E-state index contributed by atoms with van der Waals surface area (Å²) < 4.78 is 0. The minimum atomic E-state index is 0.560. The van der Waals surface area contributed by atoms with Crippen molar-refractivity contribution in [2.45, 2.75) is 12.3 Å². The van der Waals surface area contributed by atoms with Crippen molar-refractivity contribution in [3.8, 4) is 0 Å². The molecule has 0 saturated carbocycles. The number of anilines is 1. The molecule has 0 unspecified atom stereocenters. The standard InChI is InChI=1S/C6H8BrN3/c1-4-9-3-5(2-7)6(8)10-4/h3H,2H2,1H3,(H2,8,9,10). The minimum absolute atomic E-state index is 0.560. The van der Waals surface area contributed by atoms with Crippen LogP contribution in [0.1, 0.15) is 11.4 Å². The van der Waals surface area contributed by atoms with Crippen molar-refractivity contribution in [1.82, 2.24) is 9.97 Å². The van der Waals surface area contributed by atoms with Crippen LogP contribution in [0.5, 0.6) is 0 Å². The van der Waals surface area contributed by atoms with E-state index in [1.54, 1.807) is 6.20 Å². The van der Waals surface area contributed by atoms with Crippen LogP contribution in [0, 0.1) is 6.92 Å². The average molecular weight is 202 g/mol. The third kappa shape index (κ3) is 1.44. The van der Waals surface area contributed by atoms with Crippen LogP contribution in [-0.4, -0.2) is 9.97 Å². The van der Waals surface area contributed by atoms with Gasteiger partial charge in [0.25, 0.3) is 0 Å². The van der Waals surface area contributed by atoms with Crippen LogP contribution in [0.15, 0.2) is 6.20 Å². The molecule has 3 nitrogen and oxygen atoms in total. The van der Waals surface area contributed by atoms with E-state index >= 15 is 0 Å². The fraction of sp³-hybridized carbons (Fsp3) is 0.333. The van der Waals surface area contributed by atoms with Gasteiger partial charge in [-0.15, -0.1) is 0 Å². The van der Waals surface area contributed by atoms with Crippen molar-refractivity contribution in [3.63, 3.8) is 0 Å². The molecule has 0 aliphatic rings. The highest BCUT2D eigenvalue weighted by Crippen LogP contribution is 2.10. The summed E-state index contributed by atoms with van der Waals surface area (Å²) in [5.74, 6) is 1.27. The molecular formula is C6H8BrN3. The lowest BCUT2D eigenvalue weighted by molar-refractivity contribution is 1.04. The lowest BCUT2D eigenvalue weighted by Gasteiger charge is -1.99. The molecule has 54 valence electrons. The molecule has 0 saturated heterocycles. The van der Waals surface area contributed by atoms with Crippen LogP contribution in [0.4, 0.5) is 5.82 Å². The van der Waals surface area contributed by atoms with Gasteiger partial charge in [-0.1, -0.05) is 15.9 Å². The molecule has 2 N–H and O–H groups in total. The lowest BCUT2D eigenvalue weighted by atomic mass is 10.3. The highest BCUT2D eigenvalue weighted by atomic mass is 79.9. The van der Waals surface area contributed by atoms with Crippen molar-refractivity contribution in [2.24, 2.45) is 0 Å². The average Bonchev–Trinajstić information content (AvgIpc) is 1.88. The molecule has 0 fully saturated rings. The first-order chi connectivity index (χ1) is 4.74. The van der Waals surface area contributed by atoms with E-state index in [-0.39, 0.29) is 0 Å². The number of aryl methyl sites for hydroxylation is 1. The second kappa shape index (κ2) is 2.96. The SMILES string of the molecule is Cc1ncc(CBr)c(N)n1. The van der Waals surface area contributed by atoms with Crippen molar-refractivity contribution in [3.05, 3.63) is 17.6 Å². The Morgan fingerprint density at radius 1 is 1.70 bits per heavy atom. The molecule has 0 atom stereocenters. The van der Waals surface area contributed by atoms with E-state index in [1.807, 2.05) is 6.92 Å². The molecule has 0 aliphatic carbocycles. The van der Waals surface area contributed by atoms with Gasteiger partial charge in [0.15, 0.2) is 0 Å². The quantitative estimate of drug-likeness (QED) is 0.697. The Morgan fingerprint density at radius 3 is 2.90 bits per heavy atom. The zero-order chi connectivity index (χ0) is 7.56. The number of hydrogen-bond acceptors (Lipinski definition) is 3. The molecule has 1 aromatic rings. The largest absolute Gasteiger partial charge is 0.383 e. The highest BCUT2D eigenvalue weighted by Gasteiger charge is 1.97. The number of nitrogens with zero attached hydrogens (tertiary/aromatic N) is 2. The highest BCUT2D eigenvalue weighted by molar-refractivity contribution is 9.08. The Kier molecular flexibility index (Phi) is 2.21. The number of nitrogens with two attached hydrogens (primary N) is 1. The predicted molar refractivity (Wildman–Crippen MR) is 43.8 cm³/mol. The zero-order valence-corrected chi connectivity index (χ0v) is 7.22. The van der Waals surface area contributed by atoms with Gasteiger partial charge in [0, 0.05) is 17.1 Å². The first-order valence-corrected chi connectivity index (χ1v) is 4.00. The summed E-state index contributed by atoms with van der Waals surface area (Å²) >= 11 is 3.27. The van der Waals surface area contributed by atoms with Gasteiger partial charge in [0.05, 0.1) is 0 Å². The predicted octanol–water partition coefficient (Wildman–Crippen LogP) is 1.26. The van der Waals surface area contributed by atoms with Crippen LogP contribution in [-0.2, 0) is 5.33 Å². The number of halogens is 1. The molecule has 1 rings (SSSR count). The first kappa shape index (κ1) is 7.47. The molecular weight excluding hydrogens is 194 g/mol. The number of nitrogen functional groups attached to an aromatic ring is 1. The number of alkyl halides is 1. The van der Waals surface area contributed by atoms with Crippen molar-refractivity contribution < 1.29 is 0 Å². The van der Waals surface area contributed by atoms with Gasteiger partial charge in [-0.2, -0.15) is 0 Å². The summed E-state index contributed by atoms with van der Waals surface area (Å²) in [5.41, 5.74) is 6.49. The van der Waals surface area contributed by atoms with E-state index in [4.69, 9.17) is 5.73 Å². The second-order valence-corrected chi connectivity index (χ2v) is 2.52. The van der Waals surface area contributed by atoms with E-state index in [9.17, 15) is 0 Å². The summed E-state index contributed by atoms with van der Waals surface area (Å²) in [6.45, 7) is 1.81. The van der Waals surface area contributed by atoms with Gasteiger partial charge >= 0.3 is 0 Å². The number of aromatic nitrogens is 2. The topological polar surface area (TPSA) is 51.8 Å². The molecule has 0 amide bonds. The maximum Gasteiger partial charge on any atom is 0.131 e. The third-order valence-corrected chi connectivity index (χ3v) is 1.77. The molecule has 1 aromatic heterocycles.